The second kappa shape index (κ2) is 6.56. The van der Waals surface area contributed by atoms with E-state index < -0.39 is 17.8 Å². The van der Waals surface area contributed by atoms with Crippen LogP contribution in [0, 0.1) is 17.8 Å². The van der Waals surface area contributed by atoms with E-state index in [-0.39, 0.29) is 11.8 Å². The van der Waals surface area contributed by atoms with Crippen molar-refractivity contribution in [2.24, 2.45) is 17.8 Å². The first kappa shape index (κ1) is 15.3. The third-order valence-corrected chi connectivity index (χ3v) is 3.76. The molecule has 0 aromatic carbocycles. The van der Waals surface area contributed by atoms with Crippen LogP contribution in [0.1, 0.15) is 26.7 Å². The van der Waals surface area contributed by atoms with Crippen LogP contribution in [0.15, 0.2) is 18.3 Å². The number of amides is 1. The molecule has 0 bridgehead atoms. The molecule has 0 aliphatic heterocycles. The van der Waals surface area contributed by atoms with Crippen molar-refractivity contribution in [3.05, 3.63) is 18.3 Å². The Hall–Kier alpha value is -2.11. The van der Waals surface area contributed by atoms with E-state index in [0.29, 0.717) is 31.0 Å². The van der Waals surface area contributed by atoms with E-state index in [1.54, 1.807) is 18.3 Å². The topological polar surface area (TPSA) is 88.5 Å². The van der Waals surface area contributed by atoms with Crippen molar-refractivity contribution in [1.29, 1.82) is 0 Å². The van der Waals surface area contributed by atoms with Crippen LogP contribution in [0.5, 0.6) is 5.88 Å². The highest BCUT2D eigenvalue weighted by Crippen LogP contribution is 2.37. The van der Waals surface area contributed by atoms with Gasteiger partial charge in [-0.15, -0.1) is 0 Å². The lowest BCUT2D eigenvalue weighted by molar-refractivity contribution is -0.145. The Bertz CT molecular complexity index is 532. The minimum atomic E-state index is -0.907. The molecule has 0 radical (unpaired) electrons. The maximum Gasteiger partial charge on any atom is 0.307 e. The van der Waals surface area contributed by atoms with Gasteiger partial charge in [-0.25, -0.2) is 4.98 Å². The number of hydrogen-bond donors (Lipinski definition) is 2. The molecule has 0 spiro atoms. The van der Waals surface area contributed by atoms with Crippen LogP contribution in [0.25, 0.3) is 0 Å². The molecule has 1 fully saturated rings. The van der Waals surface area contributed by atoms with E-state index in [1.165, 1.54) is 0 Å². The monoisotopic (exact) mass is 292 g/mol. The molecule has 1 aliphatic carbocycles. The smallest absolute Gasteiger partial charge is 0.307 e. The van der Waals surface area contributed by atoms with Crippen LogP contribution in [-0.2, 0) is 9.59 Å². The average Bonchev–Trinajstić information content (AvgIpc) is 2.84. The summed E-state index contributed by atoms with van der Waals surface area (Å²) in [6, 6.07) is 3.40. The van der Waals surface area contributed by atoms with Crippen molar-refractivity contribution in [1.82, 2.24) is 4.98 Å². The van der Waals surface area contributed by atoms with Gasteiger partial charge in [0.15, 0.2) is 0 Å². The first-order valence-electron chi connectivity index (χ1n) is 7.14. The number of hydrogen-bond acceptors (Lipinski definition) is 4. The first-order valence-corrected chi connectivity index (χ1v) is 7.14. The molecule has 1 saturated carbocycles. The largest absolute Gasteiger partial charge is 0.481 e. The third kappa shape index (κ3) is 3.51. The van der Waals surface area contributed by atoms with Gasteiger partial charge in [-0.3, -0.25) is 9.59 Å². The summed E-state index contributed by atoms with van der Waals surface area (Å²) in [7, 11) is 0. The zero-order valence-electron chi connectivity index (χ0n) is 12.2. The number of nitrogens with zero attached hydrogens (tertiary/aromatic N) is 1. The number of anilines is 1. The molecule has 6 nitrogen and oxygen atoms in total. The molecule has 1 aromatic heterocycles. The molecule has 6 heteroatoms. The van der Waals surface area contributed by atoms with Gasteiger partial charge in [-0.05, 0) is 37.8 Å². The molecule has 2 rings (SSSR count). The van der Waals surface area contributed by atoms with Gasteiger partial charge in [-0.1, -0.05) is 6.92 Å². The van der Waals surface area contributed by atoms with E-state index in [2.05, 4.69) is 10.3 Å². The zero-order valence-corrected chi connectivity index (χ0v) is 12.2. The number of carbonyl (C=O) groups excluding carboxylic acids is 1. The molecule has 114 valence electrons. The predicted octanol–water partition coefficient (Wildman–Crippen LogP) is 2.17. The lowest BCUT2D eigenvalue weighted by Crippen LogP contribution is -2.30. The van der Waals surface area contributed by atoms with Gasteiger partial charge in [0.1, 0.15) is 5.69 Å². The Morgan fingerprint density at radius 1 is 1.43 bits per heavy atom. The standard InChI is InChI=1S/C15H20N2O4/c1-3-21-14-12(5-4-6-16-14)17-13(18)10-7-9(2)8-11(10)15(19)20/h4-6,9-11H,3,7-8H2,1-2H3,(H,17,18)(H,19,20). The van der Waals surface area contributed by atoms with Gasteiger partial charge in [0.2, 0.25) is 11.8 Å². The molecule has 21 heavy (non-hydrogen) atoms. The number of carboxylic acid groups (broad SMARTS) is 1. The normalized spacial score (nSPS) is 24.6. The second-order valence-electron chi connectivity index (χ2n) is 5.41. The number of aromatic nitrogens is 1. The predicted molar refractivity (Wildman–Crippen MR) is 77.0 cm³/mol. The molecule has 2 N–H and O–H groups in total. The van der Waals surface area contributed by atoms with E-state index in [0.717, 1.165) is 0 Å². The van der Waals surface area contributed by atoms with E-state index in [9.17, 15) is 14.7 Å². The summed E-state index contributed by atoms with van der Waals surface area (Å²) in [5.41, 5.74) is 0.480. The summed E-state index contributed by atoms with van der Waals surface area (Å²) >= 11 is 0. The number of pyridine rings is 1. The van der Waals surface area contributed by atoms with Crippen LogP contribution in [0.4, 0.5) is 5.69 Å². The minimum Gasteiger partial charge on any atom is -0.481 e. The zero-order chi connectivity index (χ0) is 15.4. The molecule has 0 saturated heterocycles. The Morgan fingerprint density at radius 3 is 2.81 bits per heavy atom. The van der Waals surface area contributed by atoms with Gasteiger partial charge < -0.3 is 15.2 Å². The number of ether oxygens (including phenoxy) is 1. The van der Waals surface area contributed by atoms with E-state index in [4.69, 9.17) is 4.74 Å². The van der Waals surface area contributed by atoms with Crippen molar-refractivity contribution >= 4 is 17.6 Å². The summed E-state index contributed by atoms with van der Waals surface area (Å²) in [4.78, 5) is 27.7. The third-order valence-electron chi connectivity index (χ3n) is 3.76. The van der Waals surface area contributed by atoms with Crippen molar-refractivity contribution in [3.8, 4) is 5.88 Å². The number of rotatable bonds is 5. The molecule has 1 aliphatic rings. The van der Waals surface area contributed by atoms with Gasteiger partial charge in [0.25, 0.3) is 0 Å². The Labute approximate surface area is 123 Å². The number of carboxylic acids is 1. The fourth-order valence-corrected chi connectivity index (χ4v) is 2.82. The van der Waals surface area contributed by atoms with Crippen LogP contribution in [0.2, 0.25) is 0 Å². The Kier molecular flexibility index (Phi) is 4.77. The molecule has 1 amide bonds. The maximum atomic E-state index is 12.4. The highest BCUT2D eigenvalue weighted by molar-refractivity contribution is 5.96. The number of nitrogens with one attached hydrogen (secondary N) is 1. The van der Waals surface area contributed by atoms with Crippen molar-refractivity contribution < 1.29 is 19.4 Å². The lowest BCUT2D eigenvalue weighted by Gasteiger charge is -2.16. The van der Waals surface area contributed by atoms with Crippen molar-refractivity contribution in [2.45, 2.75) is 26.7 Å². The van der Waals surface area contributed by atoms with Crippen LogP contribution < -0.4 is 10.1 Å². The molecular weight excluding hydrogens is 272 g/mol. The van der Waals surface area contributed by atoms with Crippen molar-refractivity contribution in [3.63, 3.8) is 0 Å². The fourth-order valence-electron chi connectivity index (χ4n) is 2.82. The summed E-state index contributed by atoms with van der Waals surface area (Å²) < 4.78 is 5.35. The Morgan fingerprint density at radius 2 is 2.14 bits per heavy atom. The maximum absolute atomic E-state index is 12.4. The quantitative estimate of drug-likeness (QED) is 0.868. The lowest BCUT2D eigenvalue weighted by atomic mass is 9.95. The Balaban J connectivity index is 2.12. The average molecular weight is 292 g/mol. The molecule has 3 unspecified atom stereocenters. The van der Waals surface area contributed by atoms with E-state index in [1.807, 2.05) is 13.8 Å². The highest BCUT2D eigenvalue weighted by Gasteiger charge is 2.41. The summed E-state index contributed by atoms with van der Waals surface area (Å²) in [5.74, 6) is -1.72. The minimum absolute atomic E-state index is 0.238. The number of aliphatic carboxylic acids is 1. The van der Waals surface area contributed by atoms with Crippen LogP contribution in [0.3, 0.4) is 0 Å². The second-order valence-corrected chi connectivity index (χ2v) is 5.41. The molecular formula is C15H20N2O4. The first-order chi connectivity index (χ1) is 10.0. The van der Waals surface area contributed by atoms with E-state index >= 15 is 0 Å². The van der Waals surface area contributed by atoms with Crippen molar-refractivity contribution in [2.75, 3.05) is 11.9 Å². The van der Waals surface area contributed by atoms with Gasteiger partial charge in [0, 0.05) is 6.20 Å². The van der Waals surface area contributed by atoms with Gasteiger partial charge in [-0.2, -0.15) is 0 Å². The van der Waals surface area contributed by atoms with Crippen LogP contribution in [-0.4, -0.2) is 28.6 Å². The molecule has 3 atom stereocenters. The molecule has 1 heterocycles. The summed E-state index contributed by atoms with van der Waals surface area (Å²) in [6.45, 7) is 4.25. The van der Waals surface area contributed by atoms with Gasteiger partial charge in [0.05, 0.1) is 18.4 Å². The van der Waals surface area contributed by atoms with Gasteiger partial charge >= 0.3 is 5.97 Å². The highest BCUT2D eigenvalue weighted by atomic mass is 16.5. The summed E-state index contributed by atoms with van der Waals surface area (Å²) in [5, 5.41) is 12.0. The fraction of sp³-hybridized carbons (Fsp3) is 0.533. The number of carbonyl (C=O) groups is 2. The van der Waals surface area contributed by atoms with Crippen LogP contribution >= 0.6 is 0 Å². The SMILES string of the molecule is CCOc1ncccc1NC(=O)C1CC(C)CC1C(=O)O. The summed E-state index contributed by atoms with van der Waals surface area (Å²) in [6.07, 6.45) is 2.71. The molecule has 1 aromatic rings.